The lowest BCUT2D eigenvalue weighted by atomic mass is 10.2. The first-order chi connectivity index (χ1) is 8.36. The van der Waals surface area contributed by atoms with Crippen molar-refractivity contribution in [3.8, 4) is 0 Å². The van der Waals surface area contributed by atoms with Crippen LogP contribution in [0.4, 0.5) is 4.39 Å². The highest BCUT2D eigenvalue weighted by molar-refractivity contribution is 7.91. The molecule has 0 heterocycles. The van der Waals surface area contributed by atoms with E-state index in [9.17, 15) is 17.6 Å². The third-order valence-corrected chi connectivity index (χ3v) is 4.72. The number of rotatable bonds is 5. The van der Waals surface area contributed by atoms with E-state index in [4.69, 9.17) is 0 Å². The number of halogens is 1. The zero-order valence-electron chi connectivity index (χ0n) is 10.2. The number of hydrogen-bond donors (Lipinski definition) is 0. The molecule has 1 aromatic carbocycles. The number of hydrogen-bond acceptors (Lipinski definition) is 4. The summed E-state index contributed by atoms with van der Waals surface area (Å²) in [7, 11) is -2.39. The van der Waals surface area contributed by atoms with Crippen molar-refractivity contribution < 1.29 is 22.3 Å². The Morgan fingerprint density at radius 2 is 2.00 bits per heavy atom. The van der Waals surface area contributed by atoms with Gasteiger partial charge in [-0.05, 0) is 13.0 Å². The summed E-state index contributed by atoms with van der Waals surface area (Å²) in [5, 5.41) is -0.899. The zero-order valence-corrected chi connectivity index (χ0v) is 11.0. The van der Waals surface area contributed by atoms with E-state index < -0.39 is 32.6 Å². The van der Waals surface area contributed by atoms with Gasteiger partial charge < -0.3 is 4.74 Å². The average Bonchev–Trinajstić information content (AvgIpc) is 2.31. The Bertz CT molecular complexity index is 525. The second-order valence-corrected chi connectivity index (χ2v) is 6.41. The largest absolute Gasteiger partial charge is 0.469 e. The Labute approximate surface area is 106 Å². The Kier molecular flexibility index (Phi) is 4.84. The minimum atomic E-state index is -3.58. The first-order valence-electron chi connectivity index (χ1n) is 5.38. The topological polar surface area (TPSA) is 60.4 Å². The number of esters is 1. The van der Waals surface area contributed by atoms with Crippen LogP contribution in [0.25, 0.3) is 0 Å². The quantitative estimate of drug-likeness (QED) is 0.767. The maximum atomic E-state index is 13.4. The fourth-order valence-electron chi connectivity index (χ4n) is 1.42. The molecule has 0 N–H and O–H groups in total. The molecule has 0 radical (unpaired) electrons. The van der Waals surface area contributed by atoms with E-state index >= 15 is 0 Å². The van der Waals surface area contributed by atoms with Gasteiger partial charge in [0.15, 0.2) is 9.84 Å². The molecule has 18 heavy (non-hydrogen) atoms. The predicted octanol–water partition coefficient (Wildman–Crippen LogP) is 1.69. The molecule has 1 rings (SSSR count). The normalized spacial score (nSPS) is 13.1. The molecule has 0 spiro atoms. The molecule has 0 bridgehead atoms. The number of methoxy groups -OCH3 is 1. The second kappa shape index (κ2) is 5.95. The third-order valence-electron chi connectivity index (χ3n) is 2.61. The van der Waals surface area contributed by atoms with Gasteiger partial charge in [0.05, 0.1) is 24.5 Å². The van der Waals surface area contributed by atoms with E-state index in [1.807, 2.05) is 0 Å². The van der Waals surface area contributed by atoms with Crippen LogP contribution in [0.2, 0.25) is 0 Å². The lowest BCUT2D eigenvalue weighted by Gasteiger charge is -2.12. The summed E-state index contributed by atoms with van der Waals surface area (Å²) in [6.45, 7) is 1.41. The Hall–Kier alpha value is -1.43. The van der Waals surface area contributed by atoms with Crippen molar-refractivity contribution in [2.24, 2.45) is 0 Å². The maximum Gasteiger partial charge on any atom is 0.306 e. The molecular formula is C12H15FO4S. The number of sulfone groups is 1. The fourth-order valence-corrected chi connectivity index (χ4v) is 2.76. The summed E-state index contributed by atoms with van der Waals surface area (Å²) in [4.78, 5) is 11.0. The highest BCUT2D eigenvalue weighted by atomic mass is 32.2. The smallest absolute Gasteiger partial charge is 0.306 e. The summed E-state index contributed by atoms with van der Waals surface area (Å²) in [5.41, 5.74) is 0.106. The molecule has 1 unspecified atom stereocenters. The van der Waals surface area contributed by atoms with Crippen molar-refractivity contribution >= 4 is 15.8 Å². The van der Waals surface area contributed by atoms with Crippen LogP contribution in [0.15, 0.2) is 24.3 Å². The van der Waals surface area contributed by atoms with Crippen LogP contribution in [-0.4, -0.2) is 26.7 Å². The molecule has 0 aliphatic carbocycles. The van der Waals surface area contributed by atoms with Gasteiger partial charge in [-0.15, -0.1) is 0 Å². The molecule has 1 atom stereocenters. The van der Waals surface area contributed by atoms with Crippen molar-refractivity contribution in [2.45, 2.75) is 24.3 Å². The molecular weight excluding hydrogens is 259 g/mol. The molecule has 6 heteroatoms. The lowest BCUT2D eigenvalue weighted by Crippen LogP contribution is -2.23. The number of carbonyl (C=O) groups is 1. The van der Waals surface area contributed by atoms with Crippen molar-refractivity contribution in [3.05, 3.63) is 35.6 Å². The minimum Gasteiger partial charge on any atom is -0.469 e. The Balaban J connectivity index is 2.82. The first kappa shape index (κ1) is 14.6. The van der Waals surface area contributed by atoms with Gasteiger partial charge in [0.25, 0.3) is 0 Å². The number of ether oxygens (including phenoxy) is 1. The summed E-state index contributed by atoms with van der Waals surface area (Å²) in [6.07, 6.45) is -0.229. The number of benzene rings is 1. The Morgan fingerprint density at radius 1 is 1.39 bits per heavy atom. The zero-order chi connectivity index (χ0) is 13.8. The van der Waals surface area contributed by atoms with Gasteiger partial charge >= 0.3 is 5.97 Å². The molecule has 0 fully saturated rings. The summed E-state index contributed by atoms with van der Waals surface area (Å²) in [6, 6.07) is 5.68. The summed E-state index contributed by atoms with van der Waals surface area (Å²) in [5.74, 6) is -1.58. The molecule has 0 aliphatic heterocycles. The van der Waals surface area contributed by atoms with E-state index in [-0.39, 0.29) is 12.0 Å². The van der Waals surface area contributed by atoms with E-state index in [0.717, 1.165) is 0 Å². The third kappa shape index (κ3) is 3.80. The monoisotopic (exact) mass is 274 g/mol. The SMILES string of the molecule is COC(=O)CC(C)S(=O)(=O)Cc1ccccc1F. The van der Waals surface area contributed by atoms with Gasteiger partial charge in [0.2, 0.25) is 0 Å². The van der Waals surface area contributed by atoms with Gasteiger partial charge in [-0.25, -0.2) is 12.8 Å². The van der Waals surface area contributed by atoms with Gasteiger partial charge in [-0.2, -0.15) is 0 Å². The average molecular weight is 274 g/mol. The van der Waals surface area contributed by atoms with Crippen LogP contribution in [0, 0.1) is 5.82 Å². The maximum absolute atomic E-state index is 13.4. The first-order valence-corrected chi connectivity index (χ1v) is 7.10. The van der Waals surface area contributed by atoms with Crippen LogP contribution in [-0.2, 0) is 25.1 Å². The Morgan fingerprint density at radius 3 is 2.56 bits per heavy atom. The van der Waals surface area contributed by atoms with Crippen molar-refractivity contribution in [1.82, 2.24) is 0 Å². The molecule has 100 valence electrons. The molecule has 1 aromatic rings. The van der Waals surface area contributed by atoms with Crippen LogP contribution >= 0.6 is 0 Å². The molecule has 0 aromatic heterocycles. The summed E-state index contributed by atoms with van der Waals surface area (Å²) < 4.78 is 41.6. The minimum absolute atomic E-state index is 0.106. The fraction of sp³-hybridized carbons (Fsp3) is 0.417. The van der Waals surface area contributed by atoms with Gasteiger partial charge in [0.1, 0.15) is 5.82 Å². The van der Waals surface area contributed by atoms with E-state index in [1.165, 1.54) is 32.2 Å². The standard InChI is InChI=1S/C12H15FO4S/c1-9(7-12(14)17-2)18(15,16)8-10-5-3-4-6-11(10)13/h3-6,9H,7-8H2,1-2H3. The van der Waals surface area contributed by atoms with E-state index in [0.29, 0.717) is 0 Å². The van der Waals surface area contributed by atoms with Crippen molar-refractivity contribution in [1.29, 1.82) is 0 Å². The van der Waals surface area contributed by atoms with Crippen molar-refractivity contribution in [2.75, 3.05) is 7.11 Å². The van der Waals surface area contributed by atoms with Gasteiger partial charge in [0, 0.05) is 5.56 Å². The molecule has 0 saturated carbocycles. The predicted molar refractivity (Wildman–Crippen MR) is 65.1 cm³/mol. The highest BCUT2D eigenvalue weighted by Gasteiger charge is 2.25. The molecule has 0 saturated heterocycles. The summed E-state index contributed by atoms with van der Waals surface area (Å²) >= 11 is 0. The molecule has 0 aliphatic rings. The van der Waals surface area contributed by atoms with E-state index in [1.54, 1.807) is 6.07 Å². The van der Waals surface area contributed by atoms with Crippen LogP contribution < -0.4 is 0 Å². The van der Waals surface area contributed by atoms with Gasteiger partial charge in [-0.1, -0.05) is 18.2 Å². The van der Waals surface area contributed by atoms with Crippen LogP contribution in [0.5, 0.6) is 0 Å². The van der Waals surface area contributed by atoms with Crippen LogP contribution in [0.1, 0.15) is 18.9 Å². The number of carbonyl (C=O) groups excluding carboxylic acids is 1. The van der Waals surface area contributed by atoms with Crippen molar-refractivity contribution in [3.63, 3.8) is 0 Å². The highest BCUT2D eigenvalue weighted by Crippen LogP contribution is 2.16. The molecule has 0 amide bonds. The van der Waals surface area contributed by atoms with Crippen LogP contribution in [0.3, 0.4) is 0 Å². The second-order valence-electron chi connectivity index (χ2n) is 3.99. The lowest BCUT2D eigenvalue weighted by molar-refractivity contribution is -0.140. The molecule has 4 nitrogen and oxygen atoms in total. The van der Waals surface area contributed by atoms with E-state index in [2.05, 4.69) is 4.74 Å². The van der Waals surface area contributed by atoms with Gasteiger partial charge in [-0.3, -0.25) is 4.79 Å².